The lowest BCUT2D eigenvalue weighted by molar-refractivity contribution is -0.137. The van der Waals surface area contributed by atoms with E-state index < -0.39 is 5.97 Å². The topological polar surface area (TPSA) is 66.8 Å². The van der Waals surface area contributed by atoms with Crippen molar-refractivity contribution in [2.24, 2.45) is 0 Å². The van der Waals surface area contributed by atoms with Gasteiger partial charge < -0.3 is 14.7 Å². The highest BCUT2D eigenvalue weighted by molar-refractivity contribution is 5.97. The van der Waals surface area contributed by atoms with Gasteiger partial charge in [0, 0.05) is 25.3 Å². The Labute approximate surface area is 124 Å². The van der Waals surface area contributed by atoms with Crippen LogP contribution in [0.25, 0.3) is 0 Å². The molecule has 1 fully saturated rings. The van der Waals surface area contributed by atoms with Crippen LogP contribution in [0.15, 0.2) is 18.2 Å². The molecule has 1 aliphatic rings. The number of benzene rings is 1. The van der Waals surface area contributed by atoms with Crippen LogP contribution in [-0.2, 0) is 9.53 Å². The first kappa shape index (κ1) is 15.5. The standard InChI is InChI=1S/C16H21NO4/c1-10-5-4-6-11(2)15(10)16(20)17-9-13(21-3)7-12(17)8-14(18)19/h4-6,12-13H,7-9H2,1-3H3,(H,18,19). The van der Waals surface area contributed by atoms with Crippen LogP contribution in [0.5, 0.6) is 0 Å². The van der Waals surface area contributed by atoms with E-state index in [0.717, 1.165) is 11.1 Å². The summed E-state index contributed by atoms with van der Waals surface area (Å²) in [7, 11) is 1.59. The number of hydrogen-bond donors (Lipinski definition) is 1. The summed E-state index contributed by atoms with van der Waals surface area (Å²) in [5.41, 5.74) is 2.49. The minimum Gasteiger partial charge on any atom is -0.481 e. The van der Waals surface area contributed by atoms with E-state index in [9.17, 15) is 9.59 Å². The van der Waals surface area contributed by atoms with Gasteiger partial charge in [-0.2, -0.15) is 0 Å². The fourth-order valence-corrected chi connectivity index (χ4v) is 2.98. The number of carboxylic acid groups (broad SMARTS) is 1. The summed E-state index contributed by atoms with van der Waals surface area (Å²) >= 11 is 0. The Morgan fingerprint density at radius 3 is 2.48 bits per heavy atom. The fourth-order valence-electron chi connectivity index (χ4n) is 2.98. The maximum atomic E-state index is 12.8. The molecule has 0 radical (unpaired) electrons. The minimum absolute atomic E-state index is 0.0451. The van der Waals surface area contributed by atoms with Crippen LogP contribution in [0.2, 0.25) is 0 Å². The average Bonchev–Trinajstić information content (AvgIpc) is 2.80. The normalized spacial score (nSPS) is 21.6. The predicted octanol–water partition coefficient (Wildman–Crippen LogP) is 2.01. The van der Waals surface area contributed by atoms with E-state index >= 15 is 0 Å². The van der Waals surface area contributed by atoms with Gasteiger partial charge in [-0.1, -0.05) is 18.2 Å². The maximum absolute atomic E-state index is 12.8. The van der Waals surface area contributed by atoms with Crippen LogP contribution in [0.3, 0.4) is 0 Å². The molecule has 1 aromatic rings. The van der Waals surface area contributed by atoms with Gasteiger partial charge in [0.05, 0.1) is 12.5 Å². The molecule has 21 heavy (non-hydrogen) atoms. The number of carbonyl (C=O) groups is 2. The summed E-state index contributed by atoms with van der Waals surface area (Å²) < 4.78 is 5.31. The Kier molecular flexibility index (Phi) is 4.63. The van der Waals surface area contributed by atoms with Gasteiger partial charge >= 0.3 is 5.97 Å². The molecule has 1 aromatic carbocycles. The van der Waals surface area contributed by atoms with Gasteiger partial charge in [-0.15, -0.1) is 0 Å². The first-order valence-corrected chi connectivity index (χ1v) is 7.05. The van der Waals surface area contributed by atoms with Gasteiger partial charge in [0.1, 0.15) is 0 Å². The van der Waals surface area contributed by atoms with Crippen LogP contribution >= 0.6 is 0 Å². The van der Waals surface area contributed by atoms with Gasteiger partial charge in [-0.25, -0.2) is 0 Å². The zero-order valence-electron chi connectivity index (χ0n) is 12.6. The number of aryl methyl sites for hydroxylation is 2. The molecule has 1 amide bonds. The van der Waals surface area contributed by atoms with E-state index in [1.54, 1.807) is 12.0 Å². The molecule has 2 unspecified atom stereocenters. The van der Waals surface area contributed by atoms with Crippen LogP contribution in [0, 0.1) is 13.8 Å². The summed E-state index contributed by atoms with van der Waals surface area (Å²) in [6.45, 7) is 4.24. The molecular formula is C16H21NO4. The van der Waals surface area contributed by atoms with Gasteiger partial charge in [-0.3, -0.25) is 9.59 Å². The zero-order chi connectivity index (χ0) is 15.6. The third kappa shape index (κ3) is 3.24. The molecule has 0 bridgehead atoms. The molecule has 2 atom stereocenters. The summed E-state index contributed by atoms with van der Waals surface area (Å²) in [6, 6.07) is 5.41. The first-order chi connectivity index (χ1) is 9.93. The molecule has 0 aromatic heterocycles. The smallest absolute Gasteiger partial charge is 0.305 e. The third-order valence-electron chi connectivity index (χ3n) is 4.08. The van der Waals surface area contributed by atoms with Crippen LogP contribution in [-0.4, -0.2) is 47.7 Å². The molecule has 0 saturated carbocycles. The van der Waals surface area contributed by atoms with E-state index in [4.69, 9.17) is 9.84 Å². The van der Waals surface area contributed by atoms with Crippen molar-refractivity contribution in [3.05, 3.63) is 34.9 Å². The highest BCUT2D eigenvalue weighted by atomic mass is 16.5. The van der Waals surface area contributed by atoms with Crippen molar-refractivity contribution in [3.63, 3.8) is 0 Å². The number of ether oxygens (including phenoxy) is 1. The molecular weight excluding hydrogens is 270 g/mol. The summed E-state index contributed by atoms with van der Waals surface area (Å²) in [5.74, 6) is -0.993. The maximum Gasteiger partial charge on any atom is 0.305 e. The second kappa shape index (κ2) is 6.26. The quantitative estimate of drug-likeness (QED) is 0.921. The lowest BCUT2D eigenvalue weighted by Gasteiger charge is -2.25. The number of methoxy groups -OCH3 is 1. The van der Waals surface area contributed by atoms with E-state index in [2.05, 4.69) is 0 Å². The minimum atomic E-state index is -0.893. The van der Waals surface area contributed by atoms with Crippen molar-refractivity contribution in [3.8, 4) is 0 Å². The Bertz CT molecular complexity index is 535. The third-order valence-corrected chi connectivity index (χ3v) is 4.08. The molecule has 0 aliphatic carbocycles. The van der Waals surface area contributed by atoms with Crippen molar-refractivity contribution in [1.29, 1.82) is 0 Å². The average molecular weight is 291 g/mol. The molecule has 1 N–H and O–H groups in total. The number of amides is 1. The Morgan fingerprint density at radius 2 is 1.95 bits per heavy atom. The zero-order valence-corrected chi connectivity index (χ0v) is 12.6. The lowest BCUT2D eigenvalue weighted by atomic mass is 10.0. The number of hydrogen-bond acceptors (Lipinski definition) is 3. The van der Waals surface area contributed by atoms with Gasteiger partial charge in [-0.05, 0) is 31.4 Å². The van der Waals surface area contributed by atoms with Crippen LogP contribution in [0.4, 0.5) is 0 Å². The Morgan fingerprint density at radius 1 is 1.33 bits per heavy atom. The second-order valence-electron chi connectivity index (χ2n) is 5.57. The number of likely N-dealkylation sites (tertiary alicyclic amines) is 1. The largest absolute Gasteiger partial charge is 0.481 e. The predicted molar refractivity (Wildman–Crippen MR) is 78.4 cm³/mol. The van der Waals surface area contributed by atoms with Crippen molar-refractivity contribution in [2.45, 2.75) is 38.8 Å². The summed E-state index contributed by atoms with van der Waals surface area (Å²) in [6.07, 6.45) is 0.429. The monoisotopic (exact) mass is 291 g/mol. The van der Waals surface area contributed by atoms with Crippen LogP contribution < -0.4 is 0 Å². The van der Waals surface area contributed by atoms with Crippen molar-refractivity contribution in [1.82, 2.24) is 4.90 Å². The van der Waals surface area contributed by atoms with Crippen molar-refractivity contribution < 1.29 is 19.4 Å². The van der Waals surface area contributed by atoms with Crippen LogP contribution in [0.1, 0.15) is 34.3 Å². The Hall–Kier alpha value is -1.88. The number of nitrogens with zero attached hydrogens (tertiary/aromatic N) is 1. The van der Waals surface area contributed by atoms with E-state index in [1.165, 1.54) is 0 Å². The molecule has 1 heterocycles. The highest BCUT2D eigenvalue weighted by Gasteiger charge is 2.37. The number of carboxylic acids is 1. The molecule has 5 heteroatoms. The number of rotatable bonds is 4. The molecule has 5 nitrogen and oxygen atoms in total. The van der Waals surface area contributed by atoms with Gasteiger partial charge in [0.2, 0.25) is 0 Å². The highest BCUT2D eigenvalue weighted by Crippen LogP contribution is 2.26. The van der Waals surface area contributed by atoms with Crippen molar-refractivity contribution in [2.75, 3.05) is 13.7 Å². The number of carbonyl (C=O) groups excluding carboxylic acids is 1. The second-order valence-corrected chi connectivity index (χ2v) is 5.57. The molecule has 1 aliphatic heterocycles. The molecule has 114 valence electrons. The molecule has 0 spiro atoms. The molecule has 1 saturated heterocycles. The first-order valence-electron chi connectivity index (χ1n) is 7.05. The van der Waals surface area contributed by atoms with E-state index in [-0.39, 0.29) is 24.5 Å². The van der Waals surface area contributed by atoms with E-state index in [0.29, 0.717) is 18.5 Å². The number of aliphatic carboxylic acids is 1. The summed E-state index contributed by atoms with van der Waals surface area (Å²) in [4.78, 5) is 25.5. The summed E-state index contributed by atoms with van der Waals surface area (Å²) in [5, 5.41) is 9.03. The van der Waals surface area contributed by atoms with E-state index in [1.807, 2.05) is 32.0 Å². The fraction of sp³-hybridized carbons (Fsp3) is 0.500. The Balaban J connectivity index is 2.29. The SMILES string of the molecule is COC1CC(CC(=O)O)N(C(=O)c2c(C)cccc2C)C1. The lowest BCUT2D eigenvalue weighted by Crippen LogP contribution is -2.38. The van der Waals surface area contributed by atoms with Crippen molar-refractivity contribution >= 4 is 11.9 Å². The van der Waals surface area contributed by atoms with Gasteiger partial charge in [0.25, 0.3) is 5.91 Å². The van der Waals surface area contributed by atoms with Gasteiger partial charge in [0.15, 0.2) is 0 Å². The molecule has 2 rings (SSSR count).